The van der Waals surface area contributed by atoms with Gasteiger partial charge in [-0.25, -0.2) is 4.98 Å². The molecule has 106 valence electrons. The predicted molar refractivity (Wildman–Crippen MR) is 83.9 cm³/mol. The van der Waals surface area contributed by atoms with Crippen LogP contribution in [0, 0.1) is 0 Å². The maximum absolute atomic E-state index is 5.92. The van der Waals surface area contributed by atoms with E-state index in [1.807, 2.05) is 6.07 Å². The highest BCUT2D eigenvalue weighted by Crippen LogP contribution is 2.27. The molecule has 1 aromatic heterocycles. The third kappa shape index (κ3) is 4.31. The van der Waals surface area contributed by atoms with E-state index >= 15 is 0 Å². The molecule has 1 aliphatic heterocycles. The number of pyridine rings is 1. The summed E-state index contributed by atoms with van der Waals surface area (Å²) in [6.07, 6.45) is 4.01. The van der Waals surface area contributed by atoms with Gasteiger partial charge in [-0.1, -0.05) is 11.6 Å². The highest BCUT2D eigenvalue weighted by Gasteiger charge is 2.19. The van der Waals surface area contributed by atoms with Crippen LogP contribution in [0.4, 0.5) is 5.82 Å². The van der Waals surface area contributed by atoms with E-state index in [-0.39, 0.29) is 0 Å². The molecule has 0 bridgehead atoms. The lowest BCUT2D eigenvalue weighted by Crippen LogP contribution is -2.47. The molecule has 1 aromatic rings. The molecule has 0 unspecified atom stereocenters. The Morgan fingerprint density at radius 2 is 2.00 bits per heavy atom. The molecular formula is C13H20BrClN4. The van der Waals surface area contributed by atoms with Crippen molar-refractivity contribution in [3.63, 3.8) is 0 Å². The Hall–Kier alpha value is -0.360. The zero-order valence-electron chi connectivity index (χ0n) is 11.0. The van der Waals surface area contributed by atoms with Crippen LogP contribution in [-0.2, 0) is 0 Å². The summed E-state index contributed by atoms with van der Waals surface area (Å²) >= 11 is 9.45. The first kappa shape index (κ1) is 15.0. The summed E-state index contributed by atoms with van der Waals surface area (Å²) in [6.45, 7) is 6.14. The molecule has 0 spiro atoms. The van der Waals surface area contributed by atoms with E-state index in [2.05, 4.69) is 30.7 Å². The van der Waals surface area contributed by atoms with Gasteiger partial charge in [-0.3, -0.25) is 4.90 Å². The fraction of sp³-hybridized carbons (Fsp3) is 0.615. The normalized spacial score (nSPS) is 16.9. The Kier molecular flexibility index (Phi) is 5.88. The molecule has 2 heterocycles. The topological polar surface area (TPSA) is 45.4 Å². The lowest BCUT2D eigenvalue weighted by Gasteiger charge is -2.35. The fourth-order valence-corrected chi connectivity index (χ4v) is 3.19. The summed E-state index contributed by atoms with van der Waals surface area (Å²) in [7, 11) is 0. The summed E-state index contributed by atoms with van der Waals surface area (Å²) in [5, 5.41) is 0.663. The number of anilines is 1. The number of nitrogens with two attached hydrogens (primary N) is 1. The molecule has 1 fully saturated rings. The zero-order chi connectivity index (χ0) is 13.7. The quantitative estimate of drug-likeness (QED) is 0.831. The maximum atomic E-state index is 5.92. The molecule has 4 nitrogen and oxygen atoms in total. The van der Waals surface area contributed by atoms with Gasteiger partial charge in [-0.05, 0) is 47.9 Å². The van der Waals surface area contributed by atoms with E-state index in [1.54, 1.807) is 6.20 Å². The van der Waals surface area contributed by atoms with Gasteiger partial charge in [-0.15, -0.1) is 0 Å². The number of unbranched alkanes of at least 4 members (excludes halogenated alkanes) is 1. The highest BCUT2D eigenvalue weighted by molar-refractivity contribution is 9.10. The van der Waals surface area contributed by atoms with Crippen LogP contribution in [0.25, 0.3) is 0 Å². The third-order valence-electron chi connectivity index (χ3n) is 3.39. The number of nitrogens with zero attached hydrogens (tertiary/aromatic N) is 3. The molecule has 1 saturated heterocycles. The first-order chi connectivity index (χ1) is 9.20. The summed E-state index contributed by atoms with van der Waals surface area (Å²) in [6, 6.07) is 1.90. The number of hydrogen-bond acceptors (Lipinski definition) is 4. The first-order valence-corrected chi connectivity index (χ1v) is 7.86. The second-order valence-electron chi connectivity index (χ2n) is 4.78. The van der Waals surface area contributed by atoms with Crippen LogP contribution in [0.5, 0.6) is 0 Å². The van der Waals surface area contributed by atoms with E-state index in [0.29, 0.717) is 5.02 Å². The standard InChI is InChI=1S/C13H20BrClN4/c14-12-9-11(15)10-17-13(12)19-7-5-18(6-8-19)4-2-1-3-16/h9-10H,1-8,16H2. The number of piperazine rings is 1. The smallest absolute Gasteiger partial charge is 0.143 e. The van der Waals surface area contributed by atoms with Crippen molar-refractivity contribution in [1.29, 1.82) is 0 Å². The van der Waals surface area contributed by atoms with E-state index in [9.17, 15) is 0 Å². The van der Waals surface area contributed by atoms with Crippen LogP contribution in [0.2, 0.25) is 5.02 Å². The third-order valence-corrected chi connectivity index (χ3v) is 4.18. The van der Waals surface area contributed by atoms with Gasteiger partial charge in [0.2, 0.25) is 0 Å². The average Bonchev–Trinajstić information content (AvgIpc) is 2.40. The van der Waals surface area contributed by atoms with Crippen molar-refractivity contribution in [2.24, 2.45) is 5.73 Å². The maximum Gasteiger partial charge on any atom is 0.143 e. The molecule has 19 heavy (non-hydrogen) atoms. The van der Waals surface area contributed by atoms with Crippen molar-refractivity contribution >= 4 is 33.3 Å². The minimum absolute atomic E-state index is 0.663. The summed E-state index contributed by atoms with van der Waals surface area (Å²) in [4.78, 5) is 9.22. The van der Waals surface area contributed by atoms with E-state index < -0.39 is 0 Å². The number of aromatic nitrogens is 1. The molecule has 1 aliphatic rings. The molecular weight excluding hydrogens is 328 g/mol. The zero-order valence-corrected chi connectivity index (χ0v) is 13.3. The molecule has 0 radical (unpaired) electrons. The van der Waals surface area contributed by atoms with Crippen LogP contribution < -0.4 is 10.6 Å². The van der Waals surface area contributed by atoms with E-state index in [0.717, 1.165) is 56.0 Å². The Morgan fingerprint density at radius 1 is 1.26 bits per heavy atom. The SMILES string of the molecule is NCCCCN1CCN(c2ncc(Cl)cc2Br)CC1. The fourth-order valence-electron chi connectivity index (χ4n) is 2.30. The van der Waals surface area contributed by atoms with E-state index in [1.165, 1.54) is 6.42 Å². The van der Waals surface area contributed by atoms with Gasteiger partial charge in [-0.2, -0.15) is 0 Å². The molecule has 0 atom stereocenters. The van der Waals surface area contributed by atoms with Gasteiger partial charge in [0, 0.05) is 32.4 Å². The van der Waals surface area contributed by atoms with Crippen molar-refractivity contribution < 1.29 is 0 Å². The Bertz CT molecular complexity index is 408. The molecule has 0 saturated carbocycles. The molecule has 0 amide bonds. The van der Waals surface area contributed by atoms with E-state index in [4.69, 9.17) is 17.3 Å². The van der Waals surface area contributed by atoms with Crippen LogP contribution in [0.1, 0.15) is 12.8 Å². The van der Waals surface area contributed by atoms with Crippen molar-refractivity contribution in [2.75, 3.05) is 44.2 Å². The number of halogens is 2. The van der Waals surface area contributed by atoms with Gasteiger partial charge in [0.1, 0.15) is 5.82 Å². The summed E-state index contributed by atoms with van der Waals surface area (Å²) < 4.78 is 0.969. The van der Waals surface area contributed by atoms with Crippen molar-refractivity contribution in [2.45, 2.75) is 12.8 Å². The largest absolute Gasteiger partial charge is 0.353 e. The highest BCUT2D eigenvalue weighted by atomic mass is 79.9. The molecule has 0 aliphatic carbocycles. The average molecular weight is 348 g/mol. The van der Waals surface area contributed by atoms with Crippen molar-refractivity contribution in [3.8, 4) is 0 Å². The lowest BCUT2D eigenvalue weighted by molar-refractivity contribution is 0.253. The molecule has 2 rings (SSSR count). The number of hydrogen-bond donors (Lipinski definition) is 1. The van der Waals surface area contributed by atoms with Crippen LogP contribution in [0.15, 0.2) is 16.7 Å². The monoisotopic (exact) mass is 346 g/mol. The lowest BCUT2D eigenvalue weighted by atomic mass is 10.2. The predicted octanol–water partition coefficient (Wildman–Crippen LogP) is 2.36. The summed E-state index contributed by atoms with van der Waals surface area (Å²) in [5.41, 5.74) is 5.52. The second kappa shape index (κ2) is 7.43. The minimum atomic E-state index is 0.663. The van der Waals surface area contributed by atoms with Crippen LogP contribution >= 0.6 is 27.5 Å². The Balaban J connectivity index is 1.85. The minimum Gasteiger partial charge on any atom is -0.353 e. The first-order valence-electron chi connectivity index (χ1n) is 6.69. The van der Waals surface area contributed by atoms with Gasteiger partial charge in [0.15, 0.2) is 0 Å². The van der Waals surface area contributed by atoms with Crippen molar-refractivity contribution in [3.05, 3.63) is 21.8 Å². The number of rotatable bonds is 5. The van der Waals surface area contributed by atoms with Gasteiger partial charge in [0.05, 0.1) is 9.50 Å². The van der Waals surface area contributed by atoms with Gasteiger partial charge < -0.3 is 10.6 Å². The van der Waals surface area contributed by atoms with Gasteiger partial charge >= 0.3 is 0 Å². The van der Waals surface area contributed by atoms with Crippen LogP contribution in [0.3, 0.4) is 0 Å². The molecule has 2 N–H and O–H groups in total. The van der Waals surface area contributed by atoms with Crippen molar-refractivity contribution in [1.82, 2.24) is 9.88 Å². The Morgan fingerprint density at radius 3 is 2.63 bits per heavy atom. The Labute approximate surface area is 128 Å². The summed E-state index contributed by atoms with van der Waals surface area (Å²) in [5.74, 6) is 0.992. The second-order valence-corrected chi connectivity index (χ2v) is 6.07. The van der Waals surface area contributed by atoms with Gasteiger partial charge in [0.25, 0.3) is 0 Å². The molecule has 0 aromatic carbocycles. The van der Waals surface area contributed by atoms with Crippen LogP contribution in [-0.4, -0.2) is 49.2 Å². The molecule has 6 heteroatoms.